The summed E-state index contributed by atoms with van der Waals surface area (Å²) in [5.41, 5.74) is 0.934. The van der Waals surface area contributed by atoms with E-state index in [1.54, 1.807) is 13.8 Å². The van der Waals surface area contributed by atoms with E-state index in [1.165, 1.54) is 0 Å². The molecule has 130 valence electrons. The Bertz CT molecular complexity index is 644. The zero-order valence-electron chi connectivity index (χ0n) is 14.6. The molecule has 0 saturated carbocycles. The van der Waals surface area contributed by atoms with Crippen LogP contribution in [0.25, 0.3) is 0 Å². The van der Waals surface area contributed by atoms with Gasteiger partial charge in [0.25, 0.3) is 0 Å². The fourth-order valence-corrected chi connectivity index (χ4v) is 3.32. The van der Waals surface area contributed by atoms with Gasteiger partial charge in [0.2, 0.25) is 0 Å². The number of epoxide rings is 1. The topological polar surface area (TPSA) is 65.1 Å². The first kappa shape index (κ1) is 17.0. The van der Waals surface area contributed by atoms with Crippen LogP contribution in [0.15, 0.2) is 36.0 Å². The molecule has 2 aliphatic heterocycles. The number of carbonyl (C=O) groups excluding carboxylic acids is 2. The second-order valence-corrected chi connectivity index (χ2v) is 7.38. The van der Waals surface area contributed by atoms with Crippen molar-refractivity contribution < 1.29 is 23.8 Å². The van der Waals surface area contributed by atoms with E-state index in [4.69, 9.17) is 14.2 Å². The van der Waals surface area contributed by atoms with Crippen molar-refractivity contribution in [3.63, 3.8) is 0 Å². The normalized spacial score (nSPS) is 41.6. The quantitative estimate of drug-likeness (QED) is 0.442. The summed E-state index contributed by atoms with van der Waals surface area (Å²) in [6.07, 6.45) is 5.38. The van der Waals surface area contributed by atoms with Gasteiger partial charge in [-0.3, -0.25) is 4.79 Å². The van der Waals surface area contributed by atoms with Crippen molar-refractivity contribution in [2.75, 3.05) is 0 Å². The van der Waals surface area contributed by atoms with Crippen LogP contribution in [-0.4, -0.2) is 35.9 Å². The lowest BCUT2D eigenvalue weighted by atomic mass is 9.83. The Labute approximate surface area is 142 Å². The van der Waals surface area contributed by atoms with Crippen LogP contribution in [0.2, 0.25) is 0 Å². The molecule has 0 unspecified atom stereocenters. The first-order valence-corrected chi connectivity index (χ1v) is 8.36. The van der Waals surface area contributed by atoms with Gasteiger partial charge in [0.1, 0.15) is 18.3 Å². The molecule has 0 radical (unpaired) electrons. The molecule has 2 fully saturated rings. The van der Waals surface area contributed by atoms with Crippen LogP contribution in [0.5, 0.6) is 0 Å². The van der Waals surface area contributed by atoms with Crippen molar-refractivity contribution in [1.29, 1.82) is 0 Å². The number of allylic oxidation sites excluding steroid dienone is 2. The summed E-state index contributed by atoms with van der Waals surface area (Å²) in [6.45, 7) is 11.4. The highest BCUT2D eigenvalue weighted by Gasteiger charge is 2.56. The van der Waals surface area contributed by atoms with Crippen LogP contribution < -0.4 is 0 Å². The SMILES string of the molecule is C=C1C(=O)O[C@H]2/C=C(C)\C=C/[C@H]3O[C@]3(C)C[C@@H](OC(=O)C(C)C)[C@@H]12. The van der Waals surface area contributed by atoms with E-state index in [-0.39, 0.29) is 23.9 Å². The van der Waals surface area contributed by atoms with Crippen LogP contribution in [-0.2, 0) is 23.8 Å². The fraction of sp³-hybridized carbons (Fsp3) is 0.579. The molecule has 5 nitrogen and oxygen atoms in total. The number of esters is 2. The molecule has 2 heterocycles. The second kappa shape index (κ2) is 5.88. The molecular formula is C19H24O5. The van der Waals surface area contributed by atoms with Gasteiger partial charge >= 0.3 is 11.9 Å². The van der Waals surface area contributed by atoms with E-state index in [1.807, 2.05) is 32.1 Å². The lowest BCUT2D eigenvalue weighted by molar-refractivity contribution is -0.156. The van der Waals surface area contributed by atoms with Crippen LogP contribution in [0, 0.1) is 11.8 Å². The molecular weight excluding hydrogens is 308 g/mol. The van der Waals surface area contributed by atoms with Crippen molar-refractivity contribution in [2.24, 2.45) is 11.8 Å². The first-order valence-electron chi connectivity index (χ1n) is 8.36. The van der Waals surface area contributed by atoms with Gasteiger partial charge < -0.3 is 14.2 Å². The molecule has 0 bridgehead atoms. The Kier molecular flexibility index (Phi) is 4.16. The molecule has 3 rings (SSSR count). The molecule has 1 aliphatic carbocycles. The van der Waals surface area contributed by atoms with Gasteiger partial charge in [0.05, 0.1) is 17.4 Å². The predicted molar refractivity (Wildman–Crippen MR) is 88.0 cm³/mol. The lowest BCUT2D eigenvalue weighted by Crippen LogP contribution is -2.37. The summed E-state index contributed by atoms with van der Waals surface area (Å²) in [7, 11) is 0. The summed E-state index contributed by atoms with van der Waals surface area (Å²) < 4.78 is 17.0. The van der Waals surface area contributed by atoms with Crippen molar-refractivity contribution in [1.82, 2.24) is 0 Å². The Morgan fingerprint density at radius 3 is 2.83 bits per heavy atom. The maximum absolute atomic E-state index is 12.2. The highest BCUT2D eigenvalue weighted by molar-refractivity contribution is 5.91. The third kappa shape index (κ3) is 3.05. The highest BCUT2D eigenvalue weighted by Crippen LogP contribution is 2.46. The van der Waals surface area contributed by atoms with Crippen LogP contribution in [0.1, 0.15) is 34.1 Å². The minimum atomic E-state index is -0.505. The largest absolute Gasteiger partial charge is 0.461 e. The summed E-state index contributed by atoms with van der Waals surface area (Å²) in [5, 5.41) is 0. The van der Waals surface area contributed by atoms with E-state index in [0.717, 1.165) is 5.57 Å². The van der Waals surface area contributed by atoms with Gasteiger partial charge in [-0.25, -0.2) is 4.79 Å². The number of ether oxygens (including phenoxy) is 3. The van der Waals surface area contributed by atoms with Gasteiger partial charge in [0, 0.05) is 12.0 Å². The maximum atomic E-state index is 12.2. The molecule has 0 aromatic carbocycles. The Hall–Kier alpha value is -1.88. The third-order valence-corrected chi connectivity index (χ3v) is 4.91. The maximum Gasteiger partial charge on any atom is 0.334 e. The smallest absolute Gasteiger partial charge is 0.334 e. The summed E-state index contributed by atoms with van der Waals surface area (Å²) in [4.78, 5) is 24.2. The molecule has 5 heteroatoms. The predicted octanol–water partition coefficient (Wildman–Crippen LogP) is 2.72. The molecule has 24 heavy (non-hydrogen) atoms. The van der Waals surface area contributed by atoms with E-state index in [2.05, 4.69) is 6.58 Å². The number of hydrogen-bond acceptors (Lipinski definition) is 5. The average Bonchev–Trinajstić information content (AvgIpc) is 3.04. The molecule has 0 amide bonds. The third-order valence-electron chi connectivity index (χ3n) is 4.91. The molecule has 0 spiro atoms. The molecule has 0 aromatic rings. The zero-order chi connectivity index (χ0) is 17.6. The number of rotatable bonds is 2. The molecule has 2 saturated heterocycles. The molecule has 5 atom stereocenters. The van der Waals surface area contributed by atoms with Gasteiger partial charge in [0.15, 0.2) is 0 Å². The van der Waals surface area contributed by atoms with Crippen molar-refractivity contribution in [3.8, 4) is 0 Å². The van der Waals surface area contributed by atoms with Crippen LogP contribution in [0.4, 0.5) is 0 Å². The standard InChI is InChI=1S/C19H24O5/c1-10(2)17(20)23-14-9-19(5)15(24-19)7-6-11(3)8-13-16(14)12(4)18(21)22-13/h6-8,10,13-16H,4,9H2,1-3,5H3/b7-6-,11-8-/t13-,14+,15+,16-,19+/m0/s1. The van der Waals surface area contributed by atoms with Crippen LogP contribution in [0.3, 0.4) is 0 Å². The molecule has 3 aliphatic rings. The van der Waals surface area contributed by atoms with E-state index in [0.29, 0.717) is 12.0 Å². The number of fused-ring (bicyclic) bond motifs is 2. The van der Waals surface area contributed by atoms with E-state index >= 15 is 0 Å². The zero-order valence-corrected chi connectivity index (χ0v) is 14.6. The van der Waals surface area contributed by atoms with Crippen LogP contribution >= 0.6 is 0 Å². The Morgan fingerprint density at radius 2 is 2.17 bits per heavy atom. The van der Waals surface area contributed by atoms with Gasteiger partial charge in [-0.15, -0.1) is 0 Å². The summed E-state index contributed by atoms with van der Waals surface area (Å²) in [5.74, 6) is -1.35. The van der Waals surface area contributed by atoms with Crippen molar-refractivity contribution in [2.45, 2.75) is 58.0 Å². The first-order chi connectivity index (χ1) is 11.2. The minimum absolute atomic E-state index is 0.0102. The van der Waals surface area contributed by atoms with E-state index in [9.17, 15) is 9.59 Å². The molecule has 0 aromatic heterocycles. The monoisotopic (exact) mass is 332 g/mol. The van der Waals surface area contributed by atoms with Crippen molar-refractivity contribution >= 4 is 11.9 Å². The van der Waals surface area contributed by atoms with E-state index < -0.39 is 23.8 Å². The minimum Gasteiger partial charge on any atom is -0.461 e. The molecule has 0 N–H and O–H groups in total. The summed E-state index contributed by atoms with van der Waals surface area (Å²) in [6, 6.07) is 0. The lowest BCUT2D eigenvalue weighted by Gasteiger charge is -2.28. The highest BCUT2D eigenvalue weighted by atomic mass is 16.6. The van der Waals surface area contributed by atoms with Gasteiger partial charge in [-0.2, -0.15) is 0 Å². The number of carbonyl (C=O) groups is 2. The average molecular weight is 332 g/mol. The Balaban J connectivity index is 1.97. The van der Waals surface area contributed by atoms with Crippen molar-refractivity contribution in [3.05, 3.63) is 36.0 Å². The fourth-order valence-electron chi connectivity index (χ4n) is 3.32. The number of hydrogen-bond donors (Lipinski definition) is 0. The summed E-state index contributed by atoms with van der Waals surface area (Å²) >= 11 is 0. The van der Waals surface area contributed by atoms with Gasteiger partial charge in [-0.05, 0) is 19.9 Å². The second-order valence-electron chi connectivity index (χ2n) is 7.38. The van der Waals surface area contributed by atoms with Gasteiger partial charge in [-0.1, -0.05) is 38.2 Å². The Morgan fingerprint density at radius 1 is 1.46 bits per heavy atom.